The second-order valence-corrected chi connectivity index (χ2v) is 5.76. The Morgan fingerprint density at radius 3 is 2.52 bits per heavy atom. The first-order valence-electron chi connectivity index (χ1n) is 7.88. The van der Waals surface area contributed by atoms with Gasteiger partial charge in [0.15, 0.2) is 0 Å². The molecule has 0 aromatic carbocycles. The summed E-state index contributed by atoms with van der Waals surface area (Å²) in [6.45, 7) is 1.50. The number of nitrogens with one attached hydrogen (secondary N) is 1. The summed E-state index contributed by atoms with van der Waals surface area (Å²) in [5.74, 6) is 0.868. The lowest BCUT2D eigenvalue weighted by molar-refractivity contribution is -0.125. The molecule has 7 heteroatoms. The molecule has 7 nitrogen and oxygen atoms in total. The van der Waals surface area contributed by atoms with Gasteiger partial charge in [-0.1, -0.05) is 0 Å². The van der Waals surface area contributed by atoms with Crippen LogP contribution in [-0.4, -0.2) is 40.9 Å². The molecule has 1 aromatic rings. The van der Waals surface area contributed by atoms with Gasteiger partial charge < -0.3 is 19.6 Å². The molecule has 0 spiro atoms. The lowest BCUT2D eigenvalue weighted by Gasteiger charge is -2.29. The van der Waals surface area contributed by atoms with Crippen molar-refractivity contribution in [3.05, 3.63) is 12.4 Å². The zero-order chi connectivity index (χ0) is 16.7. The molecule has 1 heterocycles. The molecule has 0 radical (unpaired) electrons. The number of aromatic nitrogens is 2. The fourth-order valence-corrected chi connectivity index (χ4v) is 2.57. The lowest BCUT2D eigenvalue weighted by atomic mass is 9.93. The normalized spacial score (nSPS) is 20.6. The van der Waals surface area contributed by atoms with Crippen LogP contribution in [0.4, 0.5) is 0 Å². The van der Waals surface area contributed by atoms with E-state index >= 15 is 0 Å². The molecule has 1 aromatic heterocycles. The van der Waals surface area contributed by atoms with E-state index in [9.17, 15) is 9.59 Å². The van der Waals surface area contributed by atoms with Crippen molar-refractivity contribution in [3.63, 3.8) is 0 Å². The Morgan fingerprint density at radius 1 is 1.17 bits per heavy atom. The number of amides is 1. The van der Waals surface area contributed by atoms with Crippen molar-refractivity contribution in [3.8, 4) is 11.8 Å². The zero-order valence-electron chi connectivity index (χ0n) is 13.6. The van der Waals surface area contributed by atoms with Crippen molar-refractivity contribution >= 4 is 11.7 Å². The molecule has 0 aliphatic heterocycles. The Morgan fingerprint density at radius 2 is 1.87 bits per heavy atom. The highest BCUT2D eigenvalue weighted by Crippen LogP contribution is 2.23. The van der Waals surface area contributed by atoms with Crippen LogP contribution in [0.3, 0.4) is 0 Å². The minimum absolute atomic E-state index is 0.0386. The largest absolute Gasteiger partial charge is 0.480 e. The number of carbonyl (C=O) groups is 2. The van der Waals surface area contributed by atoms with Crippen LogP contribution in [0.5, 0.6) is 11.8 Å². The van der Waals surface area contributed by atoms with E-state index in [1.807, 2.05) is 0 Å². The number of ether oxygens (including phenoxy) is 2. The number of rotatable bonds is 7. The summed E-state index contributed by atoms with van der Waals surface area (Å²) in [5.41, 5.74) is 0. The summed E-state index contributed by atoms with van der Waals surface area (Å²) >= 11 is 0. The van der Waals surface area contributed by atoms with Gasteiger partial charge in [0, 0.05) is 18.9 Å². The molecular weight excluding hydrogens is 298 g/mol. The second-order valence-electron chi connectivity index (χ2n) is 5.76. The highest BCUT2D eigenvalue weighted by molar-refractivity contribution is 5.83. The molecule has 1 saturated carbocycles. The van der Waals surface area contributed by atoms with E-state index in [-0.39, 0.29) is 30.3 Å². The van der Waals surface area contributed by atoms with E-state index in [0.29, 0.717) is 18.2 Å². The van der Waals surface area contributed by atoms with Gasteiger partial charge >= 0.3 is 0 Å². The standard InChI is InChI=1S/C16H23N3O4/c1-11(20)3-8-14(21)18-12-4-6-13(7-5-12)23-16-10-17-9-15(19-16)22-2/h9-10,12-13H,3-8H2,1-2H3,(H,18,21). The van der Waals surface area contributed by atoms with Crippen molar-refractivity contribution < 1.29 is 19.1 Å². The maximum Gasteiger partial charge on any atom is 0.235 e. The van der Waals surface area contributed by atoms with Gasteiger partial charge in [0.25, 0.3) is 0 Å². The van der Waals surface area contributed by atoms with Gasteiger partial charge in [0.1, 0.15) is 11.9 Å². The van der Waals surface area contributed by atoms with Gasteiger partial charge in [-0.2, -0.15) is 4.98 Å². The number of carbonyl (C=O) groups excluding carboxylic acids is 2. The van der Waals surface area contributed by atoms with Crippen LogP contribution in [0.2, 0.25) is 0 Å². The van der Waals surface area contributed by atoms with Crippen molar-refractivity contribution in [2.75, 3.05) is 7.11 Å². The average molecular weight is 321 g/mol. The number of nitrogens with zero attached hydrogens (tertiary/aromatic N) is 2. The Kier molecular flexibility index (Phi) is 6.31. The van der Waals surface area contributed by atoms with E-state index in [1.54, 1.807) is 6.20 Å². The third-order valence-electron chi connectivity index (χ3n) is 3.83. The first-order chi connectivity index (χ1) is 11.1. The molecule has 2 rings (SSSR count). The molecule has 1 fully saturated rings. The Bertz CT molecular complexity index is 542. The SMILES string of the molecule is COc1cncc(OC2CCC(NC(=O)CCC(C)=O)CC2)n1. The number of hydrogen-bond acceptors (Lipinski definition) is 6. The predicted octanol–water partition coefficient (Wildman–Crippen LogP) is 1.66. The van der Waals surface area contributed by atoms with Crippen LogP contribution in [0, 0.1) is 0 Å². The Balaban J connectivity index is 1.73. The molecule has 23 heavy (non-hydrogen) atoms. The summed E-state index contributed by atoms with van der Waals surface area (Å²) in [5, 5.41) is 2.98. The minimum Gasteiger partial charge on any atom is -0.480 e. The van der Waals surface area contributed by atoms with E-state index in [2.05, 4.69) is 15.3 Å². The first-order valence-corrected chi connectivity index (χ1v) is 7.88. The molecule has 1 aliphatic carbocycles. The molecule has 0 saturated heterocycles. The molecule has 0 bridgehead atoms. The summed E-state index contributed by atoms with van der Waals surface area (Å²) < 4.78 is 10.8. The predicted molar refractivity (Wildman–Crippen MR) is 83.3 cm³/mol. The number of Topliss-reactive ketones (excluding diaryl/α,β-unsaturated/α-hetero) is 1. The van der Waals surface area contributed by atoms with E-state index < -0.39 is 0 Å². The van der Waals surface area contributed by atoms with Crippen LogP contribution < -0.4 is 14.8 Å². The number of ketones is 1. The molecule has 126 valence electrons. The van der Waals surface area contributed by atoms with E-state index in [1.165, 1.54) is 20.2 Å². The molecule has 1 N–H and O–H groups in total. The quantitative estimate of drug-likeness (QED) is 0.821. The van der Waals surface area contributed by atoms with Crippen LogP contribution in [-0.2, 0) is 9.59 Å². The van der Waals surface area contributed by atoms with Gasteiger partial charge in [-0.3, -0.25) is 9.78 Å². The zero-order valence-corrected chi connectivity index (χ0v) is 13.6. The van der Waals surface area contributed by atoms with Crippen molar-refractivity contribution in [2.24, 2.45) is 0 Å². The smallest absolute Gasteiger partial charge is 0.235 e. The average Bonchev–Trinajstić information content (AvgIpc) is 2.55. The maximum absolute atomic E-state index is 11.7. The lowest BCUT2D eigenvalue weighted by Crippen LogP contribution is -2.39. The van der Waals surface area contributed by atoms with Gasteiger partial charge in [0.05, 0.1) is 19.5 Å². The summed E-state index contributed by atoms with van der Waals surface area (Å²) in [7, 11) is 1.54. The highest BCUT2D eigenvalue weighted by Gasteiger charge is 2.24. The summed E-state index contributed by atoms with van der Waals surface area (Å²) in [4.78, 5) is 30.8. The molecule has 0 atom stereocenters. The monoisotopic (exact) mass is 321 g/mol. The number of hydrogen-bond donors (Lipinski definition) is 1. The van der Waals surface area contributed by atoms with Crippen LogP contribution in [0.1, 0.15) is 45.4 Å². The highest BCUT2D eigenvalue weighted by atomic mass is 16.5. The Hall–Kier alpha value is -2.18. The fourth-order valence-electron chi connectivity index (χ4n) is 2.57. The maximum atomic E-state index is 11.7. The molecule has 1 aliphatic rings. The molecular formula is C16H23N3O4. The Labute approximate surface area is 135 Å². The first kappa shape index (κ1) is 17.2. The van der Waals surface area contributed by atoms with Gasteiger partial charge in [-0.15, -0.1) is 0 Å². The van der Waals surface area contributed by atoms with Gasteiger partial charge in [-0.05, 0) is 32.6 Å². The van der Waals surface area contributed by atoms with Crippen molar-refractivity contribution in [1.82, 2.24) is 15.3 Å². The second kappa shape index (κ2) is 8.45. The van der Waals surface area contributed by atoms with Gasteiger partial charge in [0.2, 0.25) is 17.7 Å². The minimum atomic E-state index is -0.0526. The van der Waals surface area contributed by atoms with Crippen LogP contribution in [0.25, 0.3) is 0 Å². The van der Waals surface area contributed by atoms with Crippen molar-refractivity contribution in [2.45, 2.75) is 57.6 Å². The van der Waals surface area contributed by atoms with E-state index in [4.69, 9.17) is 9.47 Å². The topological polar surface area (TPSA) is 90.4 Å². The number of methoxy groups -OCH3 is 1. The van der Waals surface area contributed by atoms with Gasteiger partial charge in [-0.25, -0.2) is 0 Å². The third-order valence-corrected chi connectivity index (χ3v) is 3.83. The third kappa shape index (κ3) is 5.84. The molecule has 1 amide bonds. The summed E-state index contributed by atoms with van der Waals surface area (Å²) in [6, 6.07) is 0.158. The van der Waals surface area contributed by atoms with Crippen LogP contribution in [0.15, 0.2) is 12.4 Å². The molecule has 0 unspecified atom stereocenters. The van der Waals surface area contributed by atoms with Crippen molar-refractivity contribution in [1.29, 1.82) is 0 Å². The fraction of sp³-hybridized carbons (Fsp3) is 0.625. The van der Waals surface area contributed by atoms with Crippen LogP contribution >= 0.6 is 0 Å². The summed E-state index contributed by atoms with van der Waals surface area (Å²) in [6.07, 6.45) is 7.14. The van der Waals surface area contributed by atoms with E-state index in [0.717, 1.165) is 25.7 Å².